The highest BCUT2D eigenvalue weighted by atomic mass is 16.4. The summed E-state index contributed by atoms with van der Waals surface area (Å²) in [5, 5.41) is 12.0. The first kappa shape index (κ1) is 11.6. The van der Waals surface area contributed by atoms with Crippen molar-refractivity contribution in [2.45, 2.75) is 26.8 Å². The average Bonchev–Trinajstić information content (AvgIpc) is 2.13. The number of hydrogen-bond donors (Lipinski definition) is 2. The minimum atomic E-state index is -0.813. The lowest BCUT2D eigenvalue weighted by Gasteiger charge is -2.19. The summed E-state index contributed by atoms with van der Waals surface area (Å²) in [4.78, 5) is 11.0. The smallest absolute Gasteiger partial charge is 0.326 e. The Balaban J connectivity index is 2.79. The summed E-state index contributed by atoms with van der Waals surface area (Å²) < 4.78 is 0. The van der Waals surface area contributed by atoms with Gasteiger partial charge in [0.25, 0.3) is 0 Å². The molecule has 3 nitrogen and oxygen atoms in total. The Hall–Kier alpha value is -1.51. The van der Waals surface area contributed by atoms with E-state index in [0.717, 1.165) is 11.3 Å². The third kappa shape index (κ3) is 3.27. The van der Waals surface area contributed by atoms with Crippen molar-refractivity contribution in [1.29, 1.82) is 0 Å². The van der Waals surface area contributed by atoms with Gasteiger partial charge in [-0.15, -0.1) is 0 Å². The van der Waals surface area contributed by atoms with Gasteiger partial charge in [-0.2, -0.15) is 0 Å². The topological polar surface area (TPSA) is 49.3 Å². The summed E-state index contributed by atoms with van der Waals surface area (Å²) in [6.45, 7) is 5.76. The molecule has 15 heavy (non-hydrogen) atoms. The summed E-state index contributed by atoms with van der Waals surface area (Å²) in [7, 11) is 0. The molecule has 0 fully saturated rings. The van der Waals surface area contributed by atoms with Gasteiger partial charge in [-0.3, -0.25) is 0 Å². The van der Waals surface area contributed by atoms with Gasteiger partial charge in [0.05, 0.1) is 0 Å². The van der Waals surface area contributed by atoms with Crippen LogP contribution in [-0.2, 0) is 4.79 Å². The van der Waals surface area contributed by atoms with E-state index in [1.807, 2.05) is 45.0 Å². The molecule has 0 unspecified atom stereocenters. The van der Waals surface area contributed by atoms with Gasteiger partial charge < -0.3 is 10.4 Å². The van der Waals surface area contributed by atoms with Gasteiger partial charge in [0.15, 0.2) is 0 Å². The molecule has 0 radical (unpaired) electrons. The second-order valence-corrected chi connectivity index (χ2v) is 4.07. The van der Waals surface area contributed by atoms with E-state index >= 15 is 0 Å². The maximum atomic E-state index is 11.0. The SMILES string of the molecule is Cc1cccc(N[C@H](C(=O)O)C(C)C)c1. The number of carboxylic acids is 1. The molecule has 3 heteroatoms. The molecule has 0 spiro atoms. The first-order valence-electron chi connectivity index (χ1n) is 5.06. The summed E-state index contributed by atoms with van der Waals surface area (Å²) in [6.07, 6.45) is 0. The number of aryl methyl sites for hydroxylation is 1. The van der Waals surface area contributed by atoms with Crippen LogP contribution in [0.5, 0.6) is 0 Å². The van der Waals surface area contributed by atoms with E-state index in [2.05, 4.69) is 5.32 Å². The van der Waals surface area contributed by atoms with Crippen molar-refractivity contribution in [3.05, 3.63) is 29.8 Å². The van der Waals surface area contributed by atoms with Gasteiger partial charge >= 0.3 is 5.97 Å². The zero-order valence-corrected chi connectivity index (χ0v) is 9.32. The van der Waals surface area contributed by atoms with Crippen LogP contribution in [0.15, 0.2) is 24.3 Å². The fourth-order valence-electron chi connectivity index (χ4n) is 1.43. The molecule has 0 amide bonds. The molecule has 0 saturated carbocycles. The van der Waals surface area contributed by atoms with Crippen molar-refractivity contribution in [3.8, 4) is 0 Å². The summed E-state index contributed by atoms with van der Waals surface area (Å²) in [5.41, 5.74) is 1.98. The Morgan fingerprint density at radius 3 is 2.53 bits per heavy atom. The van der Waals surface area contributed by atoms with Crippen molar-refractivity contribution in [2.75, 3.05) is 5.32 Å². The largest absolute Gasteiger partial charge is 0.480 e. The molecule has 1 aromatic rings. The molecule has 0 heterocycles. The van der Waals surface area contributed by atoms with Crippen LogP contribution in [0.2, 0.25) is 0 Å². The van der Waals surface area contributed by atoms with E-state index in [-0.39, 0.29) is 5.92 Å². The molecule has 1 atom stereocenters. The molecule has 0 aliphatic carbocycles. The third-order valence-corrected chi connectivity index (χ3v) is 2.27. The highest BCUT2D eigenvalue weighted by Gasteiger charge is 2.20. The lowest BCUT2D eigenvalue weighted by atomic mass is 10.0. The Labute approximate surface area is 90.1 Å². The number of carbonyl (C=O) groups is 1. The minimum absolute atomic E-state index is 0.0583. The molecule has 0 bridgehead atoms. The maximum Gasteiger partial charge on any atom is 0.326 e. The first-order valence-corrected chi connectivity index (χ1v) is 5.06. The first-order chi connectivity index (χ1) is 7.00. The number of anilines is 1. The van der Waals surface area contributed by atoms with Crippen LogP contribution >= 0.6 is 0 Å². The monoisotopic (exact) mass is 207 g/mol. The molecule has 0 saturated heterocycles. The van der Waals surface area contributed by atoms with Crippen LogP contribution in [0, 0.1) is 12.8 Å². The van der Waals surface area contributed by atoms with E-state index in [9.17, 15) is 4.79 Å². The average molecular weight is 207 g/mol. The minimum Gasteiger partial charge on any atom is -0.480 e. The van der Waals surface area contributed by atoms with Crippen molar-refractivity contribution in [1.82, 2.24) is 0 Å². The van der Waals surface area contributed by atoms with Gasteiger partial charge in [-0.25, -0.2) is 4.79 Å². The highest BCUT2D eigenvalue weighted by Crippen LogP contribution is 2.14. The molecule has 0 aliphatic heterocycles. The van der Waals surface area contributed by atoms with E-state index < -0.39 is 12.0 Å². The van der Waals surface area contributed by atoms with Crippen LogP contribution in [-0.4, -0.2) is 17.1 Å². The molecule has 1 rings (SSSR count). The van der Waals surface area contributed by atoms with E-state index in [0.29, 0.717) is 0 Å². The van der Waals surface area contributed by atoms with Crippen LogP contribution in [0.4, 0.5) is 5.69 Å². The zero-order chi connectivity index (χ0) is 11.4. The number of carboxylic acid groups (broad SMARTS) is 1. The molecule has 82 valence electrons. The summed E-state index contributed by atoms with van der Waals surface area (Å²) in [6, 6.07) is 7.18. The number of aliphatic carboxylic acids is 1. The van der Waals surface area contributed by atoms with Crippen molar-refractivity contribution >= 4 is 11.7 Å². The van der Waals surface area contributed by atoms with Gasteiger partial charge in [0.1, 0.15) is 6.04 Å². The van der Waals surface area contributed by atoms with Gasteiger partial charge in [0.2, 0.25) is 0 Å². The fraction of sp³-hybridized carbons (Fsp3) is 0.417. The fourth-order valence-corrected chi connectivity index (χ4v) is 1.43. The van der Waals surface area contributed by atoms with Crippen molar-refractivity contribution in [2.24, 2.45) is 5.92 Å². The van der Waals surface area contributed by atoms with E-state index in [1.165, 1.54) is 0 Å². The quantitative estimate of drug-likeness (QED) is 0.797. The van der Waals surface area contributed by atoms with Crippen LogP contribution in [0.1, 0.15) is 19.4 Å². The molecule has 1 aromatic carbocycles. The second kappa shape index (κ2) is 4.82. The zero-order valence-electron chi connectivity index (χ0n) is 9.32. The molecule has 0 aliphatic rings. The van der Waals surface area contributed by atoms with Crippen LogP contribution in [0.3, 0.4) is 0 Å². The maximum absolute atomic E-state index is 11.0. The van der Waals surface area contributed by atoms with Gasteiger partial charge in [-0.1, -0.05) is 26.0 Å². The Kier molecular flexibility index (Phi) is 3.72. The van der Waals surface area contributed by atoms with Crippen molar-refractivity contribution in [3.63, 3.8) is 0 Å². The molecular weight excluding hydrogens is 190 g/mol. The lowest BCUT2D eigenvalue weighted by molar-refractivity contribution is -0.138. The molecule has 0 aromatic heterocycles. The molecular formula is C12H17NO2. The van der Waals surface area contributed by atoms with E-state index in [4.69, 9.17) is 5.11 Å². The predicted octanol–water partition coefficient (Wildman–Crippen LogP) is 2.52. The highest BCUT2D eigenvalue weighted by molar-refractivity contribution is 5.77. The Morgan fingerprint density at radius 1 is 1.40 bits per heavy atom. The normalized spacial score (nSPS) is 12.5. The van der Waals surface area contributed by atoms with Crippen LogP contribution < -0.4 is 5.32 Å². The summed E-state index contributed by atoms with van der Waals surface area (Å²) >= 11 is 0. The number of hydrogen-bond acceptors (Lipinski definition) is 2. The standard InChI is InChI=1S/C12H17NO2/c1-8(2)11(12(14)15)13-10-6-4-5-9(3)7-10/h4-8,11,13H,1-3H3,(H,14,15)/t11-/m0/s1. The number of rotatable bonds is 4. The lowest BCUT2D eigenvalue weighted by Crippen LogP contribution is -2.34. The predicted molar refractivity (Wildman–Crippen MR) is 61.1 cm³/mol. The summed E-state index contributed by atoms with van der Waals surface area (Å²) in [5.74, 6) is -0.755. The van der Waals surface area contributed by atoms with Crippen molar-refractivity contribution < 1.29 is 9.90 Å². The van der Waals surface area contributed by atoms with E-state index in [1.54, 1.807) is 0 Å². The van der Waals surface area contributed by atoms with Gasteiger partial charge in [0, 0.05) is 5.69 Å². The van der Waals surface area contributed by atoms with Gasteiger partial charge in [-0.05, 0) is 30.5 Å². The third-order valence-electron chi connectivity index (χ3n) is 2.27. The Morgan fingerprint density at radius 2 is 2.07 bits per heavy atom. The van der Waals surface area contributed by atoms with Crippen LogP contribution in [0.25, 0.3) is 0 Å². The number of nitrogens with one attached hydrogen (secondary N) is 1. The Bertz CT molecular complexity index is 347. The number of benzene rings is 1. The molecule has 2 N–H and O–H groups in total. The second-order valence-electron chi connectivity index (χ2n) is 4.07.